The van der Waals surface area contributed by atoms with Gasteiger partial charge >= 0.3 is 0 Å². The number of hydrogen-bond donors (Lipinski definition) is 1. The minimum Gasteiger partial charge on any atom is -0.491 e. The average Bonchev–Trinajstić information content (AvgIpc) is 3.70. The average molecular weight is 532 g/mol. The Hall–Kier alpha value is -4.65. The van der Waals surface area contributed by atoms with Crippen LogP contribution in [0.5, 0.6) is 5.75 Å². The van der Waals surface area contributed by atoms with Crippen molar-refractivity contribution in [2.45, 2.75) is 19.5 Å². The van der Waals surface area contributed by atoms with Gasteiger partial charge in [-0.15, -0.1) is 5.10 Å². The molecule has 1 atom stereocenters. The van der Waals surface area contributed by atoms with E-state index in [2.05, 4.69) is 32.0 Å². The second-order valence-corrected chi connectivity index (χ2v) is 9.37. The number of fused-ring (bicyclic) bond motifs is 3. The largest absolute Gasteiger partial charge is 0.491 e. The van der Waals surface area contributed by atoms with E-state index in [0.29, 0.717) is 54.6 Å². The molecular formula is C26H29N9O4. The summed E-state index contributed by atoms with van der Waals surface area (Å²) in [5, 5.41) is 9.48. The van der Waals surface area contributed by atoms with E-state index < -0.39 is 0 Å². The smallest absolute Gasteiger partial charge is 0.244 e. The number of methoxy groups -OCH3 is 1. The molecule has 5 aromatic rings. The first-order valence-corrected chi connectivity index (χ1v) is 12.7. The van der Waals surface area contributed by atoms with Gasteiger partial charge in [-0.3, -0.25) is 4.79 Å². The molecule has 0 spiro atoms. The first kappa shape index (κ1) is 24.7. The van der Waals surface area contributed by atoms with Gasteiger partial charge in [-0.25, -0.2) is 9.67 Å². The van der Waals surface area contributed by atoms with Crippen molar-refractivity contribution in [1.29, 1.82) is 0 Å². The van der Waals surface area contributed by atoms with Crippen LogP contribution in [0.2, 0.25) is 0 Å². The fraction of sp³-hybridized carbons (Fsp3) is 0.346. The molecule has 0 aliphatic carbocycles. The molecule has 0 bridgehead atoms. The summed E-state index contributed by atoms with van der Waals surface area (Å²) in [4.78, 5) is 26.5. The van der Waals surface area contributed by atoms with Crippen LogP contribution in [0.4, 0.5) is 11.6 Å². The Kier molecular flexibility index (Phi) is 6.49. The highest BCUT2D eigenvalue weighted by Crippen LogP contribution is 2.25. The Morgan fingerprint density at radius 2 is 1.97 bits per heavy atom. The molecule has 1 aliphatic rings. The summed E-state index contributed by atoms with van der Waals surface area (Å²) in [5.74, 6) is 1.83. The number of benzene rings is 1. The Morgan fingerprint density at radius 3 is 2.72 bits per heavy atom. The summed E-state index contributed by atoms with van der Waals surface area (Å²) < 4.78 is 19.1. The van der Waals surface area contributed by atoms with Crippen LogP contribution in [0.25, 0.3) is 28.3 Å². The number of rotatable bonds is 8. The van der Waals surface area contributed by atoms with Crippen molar-refractivity contribution in [1.82, 2.24) is 34.3 Å². The van der Waals surface area contributed by atoms with Crippen LogP contribution < -0.4 is 15.4 Å². The summed E-state index contributed by atoms with van der Waals surface area (Å²) in [6, 6.07) is 11.7. The van der Waals surface area contributed by atoms with Crippen molar-refractivity contribution in [3.05, 3.63) is 48.9 Å². The number of nitrogen functional groups attached to an aromatic ring is 1. The summed E-state index contributed by atoms with van der Waals surface area (Å²) >= 11 is 0. The van der Waals surface area contributed by atoms with Gasteiger partial charge < -0.3 is 29.4 Å². The normalized spacial score (nSPS) is 15.9. The van der Waals surface area contributed by atoms with E-state index in [1.54, 1.807) is 36.4 Å². The summed E-state index contributed by atoms with van der Waals surface area (Å²) in [5.41, 5.74) is 8.26. The van der Waals surface area contributed by atoms with Crippen LogP contribution in [0.15, 0.2) is 53.3 Å². The van der Waals surface area contributed by atoms with E-state index in [1.165, 1.54) is 4.52 Å². The molecule has 1 fully saturated rings. The molecule has 1 saturated heterocycles. The molecule has 39 heavy (non-hydrogen) atoms. The Labute approximate surface area is 223 Å². The van der Waals surface area contributed by atoms with Crippen molar-refractivity contribution in [3.63, 3.8) is 0 Å². The number of piperazine rings is 1. The third-order valence-corrected chi connectivity index (χ3v) is 6.83. The quantitative estimate of drug-likeness (QED) is 0.296. The van der Waals surface area contributed by atoms with Gasteiger partial charge in [0.1, 0.15) is 18.9 Å². The molecule has 2 N–H and O–H groups in total. The zero-order valence-electron chi connectivity index (χ0n) is 21.7. The van der Waals surface area contributed by atoms with Crippen LogP contribution in [0.3, 0.4) is 0 Å². The molecule has 0 radical (unpaired) electrons. The Bertz CT molecular complexity index is 1590. The van der Waals surface area contributed by atoms with Crippen LogP contribution in [-0.4, -0.2) is 86.2 Å². The number of nitrogens with zero attached hydrogens (tertiary/aromatic N) is 8. The Balaban J connectivity index is 1.14. The van der Waals surface area contributed by atoms with Crippen molar-refractivity contribution >= 4 is 34.2 Å². The molecule has 13 nitrogen and oxygen atoms in total. The van der Waals surface area contributed by atoms with E-state index in [9.17, 15) is 4.79 Å². The number of anilines is 2. The highest BCUT2D eigenvalue weighted by Gasteiger charge is 2.28. The molecule has 4 aromatic heterocycles. The van der Waals surface area contributed by atoms with E-state index in [1.807, 2.05) is 29.2 Å². The molecule has 6 rings (SSSR count). The number of hydrogen-bond acceptors (Lipinski definition) is 10. The second kappa shape index (κ2) is 10.3. The molecule has 1 unspecified atom stereocenters. The number of nitrogens with two attached hydrogens (primary N) is 1. The van der Waals surface area contributed by atoms with Crippen molar-refractivity contribution in [3.8, 4) is 17.3 Å². The van der Waals surface area contributed by atoms with Crippen LogP contribution in [0.1, 0.15) is 6.92 Å². The van der Waals surface area contributed by atoms with E-state index in [0.717, 1.165) is 18.0 Å². The maximum Gasteiger partial charge on any atom is 0.244 e. The minimum absolute atomic E-state index is 0.0358. The number of carbonyl (C=O) groups excluding carboxylic acids is 1. The summed E-state index contributed by atoms with van der Waals surface area (Å²) in [6.07, 6.45) is 3.19. The lowest BCUT2D eigenvalue weighted by Gasteiger charge is -2.41. The molecule has 202 valence electrons. The monoisotopic (exact) mass is 531 g/mol. The zero-order chi connectivity index (χ0) is 26.9. The highest BCUT2D eigenvalue weighted by atomic mass is 16.5. The maximum atomic E-state index is 13.3. The summed E-state index contributed by atoms with van der Waals surface area (Å²) in [7, 11) is 1.65. The number of aromatic nitrogens is 6. The topological polar surface area (TPSA) is 142 Å². The lowest BCUT2D eigenvalue weighted by Crippen LogP contribution is -2.54. The second-order valence-electron chi connectivity index (χ2n) is 9.37. The van der Waals surface area contributed by atoms with Gasteiger partial charge in [0.05, 0.1) is 24.5 Å². The van der Waals surface area contributed by atoms with Gasteiger partial charge in [-0.2, -0.15) is 14.6 Å². The van der Waals surface area contributed by atoms with E-state index >= 15 is 0 Å². The molecule has 1 aromatic carbocycles. The standard InChI is InChI=1S/C26H29N9O4/c1-17-15-32(9-10-33(17)18-5-7-19(8-6-18)38-13-12-37-2)22(36)16-34-24-20(14-28-34)25-29-23(21-4-3-11-39-21)31-35(25)26(27)30-24/h3-8,11,14,17H,9-10,12-13,15-16H2,1-2H3,(H2,27,30). The van der Waals surface area contributed by atoms with Gasteiger partial charge in [0.25, 0.3) is 0 Å². The third kappa shape index (κ3) is 4.72. The molecule has 5 heterocycles. The minimum atomic E-state index is -0.0358. The Morgan fingerprint density at radius 1 is 1.13 bits per heavy atom. The molecule has 0 saturated carbocycles. The molecule has 1 aliphatic heterocycles. The fourth-order valence-electron chi connectivity index (χ4n) is 4.86. The zero-order valence-corrected chi connectivity index (χ0v) is 21.7. The van der Waals surface area contributed by atoms with Crippen LogP contribution >= 0.6 is 0 Å². The number of ether oxygens (including phenoxy) is 2. The molecule has 13 heteroatoms. The first-order chi connectivity index (χ1) is 19.0. The van der Waals surface area contributed by atoms with Crippen molar-refractivity contribution < 1.29 is 18.7 Å². The highest BCUT2D eigenvalue weighted by molar-refractivity contribution is 5.91. The van der Waals surface area contributed by atoms with Gasteiger partial charge in [0.15, 0.2) is 17.1 Å². The van der Waals surface area contributed by atoms with E-state index in [4.69, 9.17) is 19.6 Å². The van der Waals surface area contributed by atoms with E-state index in [-0.39, 0.29) is 24.4 Å². The number of carbonyl (C=O) groups is 1. The van der Waals surface area contributed by atoms with Crippen LogP contribution in [0, 0.1) is 0 Å². The number of amides is 1. The van der Waals surface area contributed by atoms with Gasteiger partial charge in [-0.05, 0) is 43.3 Å². The molecular weight excluding hydrogens is 502 g/mol. The van der Waals surface area contributed by atoms with Gasteiger partial charge in [-0.1, -0.05) is 0 Å². The SMILES string of the molecule is COCCOc1ccc(N2CCN(C(=O)Cn3ncc4c3nc(N)n3nc(-c5ccco5)nc43)CC2C)cc1. The van der Waals surface area contributed by atoms with Crippen LogP contribution in [-0.2, 0) is 16.1 Å². The third-order valence-electron chi connectivity index (χ3n) is 6.83. The van der Waals surface area contributed by atoms with Crippen molar-refractivity contribution in [2.75, 3.05) is 50.6 Å². The lowest BCUT2D eigenvalue weighted by atomic mass is 10.1. The molecule has 1 amide bonds. The predicted octanol–water partition coefficient (Wildman–Crippen LogP) is 2.08. The summed E-state index contributed by atoms with van der Waals surface area (Å²) in [6.45, 7) is 5.14. The predicted molar refractivity (Wildman–Crippen MR) is 143 cm³/mol. The number of furan rings is 1. The maximum absolute atomic E-state index is 13.3. The fourth-order valence-corrected chi connectivity index (χ4v) is 4.86. The van der Waals surface area contributed by atoms with Crippen molar-refractivity contribution in [2.24, 2.45) is 0 Å². The van der Waals surface area contributed by atoms with Gasteiger partial charge in [0, 0.05) is 38.5 Å². The first-order valence-electron chi connectivity index (χ1n) is 12.7. The lowest BCUT2D eigenvalue weighted by molar-refractivity contribution is -0.132. The van der Waals surface area contributed by atoms with Gasteiger partial charge in [0.2, 0.25) is 17.7 Å².